The molecule has 0 saturated heterocycles. The summed E-state index contributed by atoms with van der Waals surface area (Å²) >= 11 is 0. The van der Waals surface area contributed by atoms with E-state index in [1.165, 1.54) is 6.08 Å². The largest absolute Gasteiger partial charge is 0.312 e. The van der Waals surface area contributed by atoms with E-state index in [0.29, 0.717) is 6.42 Å². The Morgan fingerprint density at radius 2 is 2.18 bits per heavy atom. The molecule has 0 amide bonds. The summed E-state index contributed by atoms with van der Waals surface area (Å²) in [7, 11) is -3.67. The van der Waals surface area contributed by atoms with Crippen molar-refractivity contribution in [1.29, 1.82) is 0 Å². The van der Waals surface area contributed by atoms with Gasteiger partial charge >= 0.3 is 10.1 Å². The van der Waals surface area contributed by atoms with Crippen LogP contribution in [0.15, 0.2) is 23.1 Å². The highest BCUT2D eigenvalue weighted by atomic mass is 32.2. The van der Waals surface area contributed by atoms with E-state index in [1.54, 1.807) is 12.2 Å². The summed E-state index contributed by atoms with van der Waals surface area (Å²) in [6.45, 7) is 0. The maximum atomic E-state index is 10.9. The van der Waals surface area contributed by atoms with Crippen molar-refractivity contribution in [3.05, 3.63) is 23.1 Å². The molecule has 0 aromatic rings. The SMILES string of the molecule is NOS(=O)(=O)C1=CCCC=C1. The van der Waals surface area contributed by atoms with Gasteiger partial charge in [0.25, 0.3) is 0 Å². The molecule has 0 aromatic heterocycles. The molecule has 0 bridgehead atoms. The fourth-order valence-electron chi connectivity index (χ4n) is 0.830. The summed E-state index contributed by atoms with van der Waals surface area (Å²) in [6.07, 6.45) is 6.43. The number of hydrogen-bond donors (Lipinski definition) is 1. The highest BCUT2D eigenvalue weighted by Gasteiger charge is 2.15. The molecule has 0 heterocycles. The number of allylic oxidation sites excluding steroid dienone is 3. The van der Waals surface area contributed by atoms with Crippen LogP contribution in [0, 0.1) is 0 Å². The van der Waals surface area contributed by atoms with Crippen LogP contribution in [0.5, 0.6) is 0 Å². The standard InChI is InChI=1S/C6H9NO3S/c7-10-11(8,9)6-4-2-1-3-5-6/h2,4-5H,1,3,7H2. The summed E-state index contributed by atoms with van der Waals surface area (Å²) in [6, 6.07) is 0. The lowest BCUT2D eigenvalue weighted by atomic mass is 10.2. The Labute approximate surface area is 65.4 Å². The smallest absolute Gasteiger partial charge is 0.197 e. The molecule has 0 saturated carbocycles. The van der Waals surface area contributed by atoms with Crippen molar-refractivity contribution in [2.24, 2.45) is 5.90 Å². The normalized spacial score (nSPS) is 18.1. The van der Waals surface area contributed by atoms with Gasteiger partial charge in [0.2, 0.25) is 0 Å². The molecule has 2 N–H and O–H groups in total. The topological polar surface area (TPSA) is 69.4 Å². The van der Waals surface area contributed by atoms with E-state index in [4.69, 9.17) is 0 Å². The predicted octanol–water partition coefficient (Wildman–Crippen LogP) is 0.440. The Kier molecular flexibility index (Phi) is 2.43. The molecule has 4 nitrogen and oxygen atoms in total. The van der Waals surface area contributed by atoms with Gasteiger partial charge < -0.3 is 0 Å². The average Bonchev–Trinajstić information content (AvgIpc) is 2.06. The van der Waals surface area contributed by atoms with Gasteiger partial charge in [-0.05, 0) is 18.9 Å². The van der Waals surface area contributed by atoms with Crippen molar-refractivity contribution in [2.45, 2.75) is 12.8 Å². The summed E-state index contributed by atoms with van der Waals surface area (Å²) in [5, 5.41) is 0. The van der Waals surface area contributed by atoms with Gasteiger partial charge in [0.1, 0.15) is 0 Å². The van der Waals surface area contributed by atoms with Crippen LogP contribution in [-0.2, 0) is 14.4 Å². The third kappa shape index (κ3) is 1.89. The van der Waals surface area contributed by atoms with Crippen LogP contribution in [0.1, 0.15) is 12.8 Å². The van der Waals surface area contributed by atoms with Gasteiger partial charge in [0.15, 0.2) is 0 Å². The zero-order valence-corrected chi connectivity index (χ0v) is 6.67. The number of hydrogen-bond acceptors (Lipinski definition) is 4. The molecule has 1 aliphatic carbocycles. The van der Waals surface area contributed by atoms with Crippen LogP contribution in [0.4, 0.5) is 0 Å². The van der Waals surface area contributed by atoms with E-state index in [2.05, 4.69) is 10.2 Å². The Morgan fingerprint density at radius 1 is 1.45 bits per heavy atom. The van der Waals surface area contributed by atoms with Crippen LogP contribution in [0.3, 0.4) is 0 Å². The first-order chi connectivity index (χ1) is 5.17. The fourth-order valence-corrected chi connectivity index (χ4v) is 1.53. The summed E-state index contributed by atoms with van der Waals surface area (Å²) in [5.74, 6) is 4.57. The number of nitrogens with two attached hydrogens (primary N) is 1. The van der Waals surface area contributed by atoms with Gasteiger partial charge in [-0.3, -0.25) is 0 Å². The minimum Gasteiger partial charge on any atom is -0.197 e. The monoisotopic (exact) mass is 175 g/mol. The zero-order valence-electron chi connectivity index (χ0n) is 5.86. The van der Waals surface area contributed by atoms with Crippen molar-refractivity contribution in [3.63, 3.8) is 0 Å². The molecule has 0 unspecified atom stereocenters. The van der Waals surface area contributed by atoms with E-state index in [-0.39, 0.29) is 4.91 Å². The first-order valence-corrected chi connectivity index (χ1v) is 4.58. The van der Waals surface area contributed by atoms with E-state index >= 15 is 0 Å². The second kappa shape index (κ2) is 3.17. The molecule has 0 radical (unpaired) electrons. The van der Waals surface area contributed by atoms with Gasteiger partial charge in [0.05, 0.1) is 4.91 Å². The van der Waals surface area contributed by atoms with Gasteiger partial charge in [-0.15, -0.1) is 0 Å². The van der Waals surface area contributed by atoms with Gasteiger partial charge in [-0.1, -0.05) is 12.2 Å². The van der Waals surface area contributed by atoms with Crippen LogP contribution in [-0.4, -0.2) is 8.42 Å². The Balaban J connectivity index is 2.92. The summed E-state index contributed by atoms with van der Waals surface area (Å²) in [4.78, 5) is 0.145. The Hall–Kier alpha value is -0.650. The van der Waals surface area contributed by atoms with E-state index in [9.17, 15) is 8.42 Å². The molecule has 0 fully saturated rings. The summed E-state index contributed by atoms with van der Waals surface area (Å²) in [5.41, 5.74) is 0. The third-order valence-electron chi connectivity index (χ3n) is 1.38. The van der Waals surface area contributed by atoms with Crippen molar-refractivity contribution in [3.8, 4) is 0 Å². The van der Waals surface area contributed by atoms with Crippen molar-refractivity contribution >= 4 is 10.1 Å². The fraction of sp³-hybridized carbons (Fsp3) is 0.333. The minimum absolute atomic E-state index is 0.145. The van der Waals surface area contributed by atoms with E-state index < -0.39 is 10.1 Å². The molecule has 0 atom stereocenters. The Morgan fingerprint density at radius 3 is 2.64 bits per heavy atom. The quantitative estimate of drug-likeness (QED) is 0.618. The van der Waals surface area contributed by atoms with Gasteiger partial charge in [-0.25, -0.2) is 0 Å². The molecule has 1 rings (SSSR count). The second-order valence-electron chi connectivity index (χ2n) is 2.14. The predicted molar refractivity (Wildman–Crippen MR) is 40.6 cm³/mol. The number of rotatable bonds is 2. The highest BCUT2D eigenvalue weighted by Crippen LogP contribution is 2.15. The molecule has 1 aliphatic rings. The van der Waals surface area contributed by atoms with Crippen LogP contribution < -0.4 is 5.90 Å². The summed E-state index contributed by atoms with van der Waals surface area (Å²) < 4.78 is 25.6. The molecule has 0 aromatic carbocycles. The van der Waals surface area contributed by atoms with E-state index in [0.717, 1.165) is 6.42 Å². The van der Waals surface area contributed by atoms with Gasteiger partial charge in [0, 0.05) is 0 Å². The maximum absolute atomic E-state index is 10.9. The molecular formula is C6H9NO3S. The first-order valence-electron chi connectivity index (χ1n) is 3.17. The molecule has 11 heavy (non-hydrogen) atoms. The van der Waals surface area contributed by atoms with Gasteiger partial charge in [-0.2, -0.15) is 18.6 Å². The van der Waals surface area contributed by atoms with Crippen molar-refractivity contribution in [1.82, 2.24) is 0 Å². The van der Waals surface area contributed by atoms with E-state index in [1.807, 2.05) is 0 Å². The maximum Gasteiger partial charge on any atom is 0.312 e. The average molecular weight is 175 g/mol. The molecule has 5 heteroatoms. The lowest BCUT2D eigenvalue weighted by Gasteiger charge is -2.04. The second-order valence-corrected chi connectivity index (χ2v) is 3.71. The van der Waals surface area contributed by atoms with Crippen LogP contribution in [0.25, 0.3) is 0 Å². The molecule has 0 aliphatic heterocycles. The molecular weight excluding hydrogens is 166 g/mol. The van der Waals surface area contributed by atoms with Crippen molar-refractivity contribution in [2.75, 3.05) is 0 Å². The Bertz CT molecular complexity index is 289. The van der Waals surface area contributed by atoms with Crippen molar-refractivity contribution < 1.29 is 12.7 Å². The van der Waals surface area contributed by atoms with Crippen LogP contribution >= 0.6 is 0 Å². The lowest BCUT2D eigenvalue weighted by molar-refractivity contribution is 0.338. The van der Waals surface area contributed by atoms with Crippen LogP contribution in [0.2, 0.25) is 0 Å². The first kappa shape index (κ1) is 8.45. The highest BCUT2D eigenvalue weighted by molar-refractivity contribution is 7.90. The zero-order chi connectivity index (χ0) is 8.32. The minimum atomic E-state index is -3.67. The lowest BCUT2D eigenvalue weighted by Crippen LogP contribution is -2.12. The molecule has 0 spiro atoms. The third-order valence-corrected chi connectivity index (χ3v) is 2.51. The molecule has 62 valence electrons.